The van der Waals surface area contributed by atoms with E-state index in [4.69, 9.17) is 0 Å². The van der Waals surface area contributed by atoms with E-state index in [1.807, 2.05) is 0 Å². The van der Waals surface area contributed by atoms with Gasteiger partial charge in [0.25, 0.3) is 5.91 Å². The number of hydrogen-bond acceptors (Lipinski definition) is 7. The van der Waals surface area contributed by atoms with Gasteiger partial charge in [-0.25, -0.2) is 16.8 Å². The molecule has 8 nitrogen and oxygen atoms in total. The van der Waals surface area contributed by atoms with Crippen LogP contribution >= 0.6 is 0 Å². The predicted molar refractivity (Wildman–Crippen MR) is 83.3 cm³/mol. The van der Waals surface area contributed by atoms with Crippen LogP contribution in [-0.4, -0.2) is 31.8 Å². The number of fused-ring (bicyclic) bond motifs is 1. The molecule has 0 aliphatic heterocycles. The van der Waals surface area contributed by atoms with Crippen LogP contribution in [-0.2, 0) is 25.0 Å². The molecule has 0 radical (unpaired) electrons. The first-order valence-corrected chi connectivity index (χ1v) is 9.18. The molecule has 0 aliphatic carbocycles. The van der Waals surface area contributed by atoms with Gasteiger partial charge in [0.2, 0.25) is 0 Å². The Labute approximate surface area is 236 Å². The maximum absolute atomic E-state index is 11.6. The summed E-state index contributed by atoms with van der Waals surface area (Å²) in [7, 11) is -10.00. The summed E-state index contributed by atoms with van der Waals surface area (Å²) in [4.78, 5) is 9.92. The van der Waals surface area contributed by atoms with E-state index >= 15 is 0 Å². The third kappa shape index (κ3) is 6.81. The fourth-order valence-corrected chi connectivity index (χ4v) is 3.31. The fourth-order valence-electron chi connectivity index (χ4n) is 1.98. The Balaban J connectivity index is 0.00000312. The normalized spacial score (nSPS) is 11.2. The number of benzene rings is 2. The van der Waals surface area contributed by atoms with Gasteiger partial charge in [-0.3, -0.25) is 4.79 Å². The minimum atomic E-state index is -5.02. The Kier molecular flexibility index (Phi) is 10.5. The molecule has 1 amide bonds. The molecule has 0 spiro atoms. The van der Waals surface area contributed by atoms with Gasteiger partial charge in [0.05, 0.1) is 9.79 Å². The van der Waals surface area contributed by atoms with Crippen molar-refractivity contribution < 1.29 is 134 Å². The summed E-state index contributed by atoms with van der Waals surface area (Å²) in [6.07, 6.45) is 0. The zero-order valence-corrected chi connectivity index (χ0v) is 22.1. The maximum atomic E-state index is 11.6. The molecular formula is C14H11K2NO7S2. The van der Waals surface area contributed by atoms with Gasteiger partial charge in [0, 0.05) is 11.3 Å². The quantitative estimate of drug-likeness (QED) is 0.281. The van der Waals surface area contributed by atoms with E-state index in [2.05, 4.69) is 11.9 Å². The monoisotopic (exact) mass is 447 g/mol. The van der Waals surface area contributed by atoms with E-state index in [0.29, 0.717) is 6.07 Å². The molecule has 2 aromatic carbocycles. The van der Waals surface area contributed by atoms with E-state index < -0.39 is 35.9 Å². The van der Waals surface area contributed by atoms with E-state index in [9.17, 15) is 30.7 Å². The van der Waals surface area contributed by atoms with Crippen LogP contribution in [0.25, 0.3) is 10.8 Å². The topological polar surface area (TPSA) is 144 Å². The molecule has 0 unspecified atom stereocenters. The van der Waals surface area contributed by atoms with Crippen LogP contribution in [0.3, 0.4) is 0 Å². The Bertz CT molecular complexity index is 1080. The zero-order chi connectivity index (χ0) is 18.3. The third-order valence-corrected chi connectivity index (χ3v) is 4.78. The Morgan fingerprint density at radius 1 is 1.00 bits per heavy atom. The van der Waals surface area contributed by atoms with Crippen LogP contribution in [0.15, 0.2) is 52.3 Å². The number of hydrogen-bond donors (Lipinski definition) is 1. The Morgan fingerprint density at radius 2 is 1.58 bits per heavy atom. The molecule has 0 saturated carbocycles. The Hall–Kier alpha value is 1.00. The summed E-state index contributed by atoms with van der Waals surface area (Å²) in [5.74, 6) is -0.501. The van der Waals surface area contributed by atoms with E-state index in [0.717, 1.165) is 6.07 Å². The molecule has 0 fully saturated rings. The van der Waals surface area contributed by atoms with Crippen molar-refractivity contribution in [2.45, 2.75) is 16.7 Å². The van der Waals surface area contributed by atoms with Crippen LogP contribution in [0.4, 0.5) is 5.69 Å². The molecule has 128 valence electrons. The number of carbonyl (C=O) groups excluding carboxylic acids is 1. The number of rotatable bonds is 4. The molecule has 0 heterocycles. The third-order valence-electron chi connectivity index (χ3n) is 3.09. The molecule has 0 aliphatic rings. The van der Waals surface area contributed by atoms with Gasteiger partial charge < -0.3 is 14.4 Å². The zero-order valence-electron chi connectivity index (χ0n) is 14.3. The van der Waals surface area contributed by atoms with E-state index in [1.54, 1.807) is 0 Å². The standard InChI is InChI=1S/C14H13NO7S2.2K/c1-8(2)14(16)15-10-3-4-12-9(5-10)6-11(23(17,18)19)7-13(12)24(20,21)22;;/h3-7H,1H2,2H3,(H,15,16)(H,17,18,19)(H,20,21,22);;/q;2*+1/p-2. The number of anilines is 1. The van der Waals surface area contributed by atoms with Gasteiger partial charge >= 0.3 is 103 Å². The number of nitrogens with one attached hydrogen (secondary N) is 1. The molecular weight excluding hydrogens is 436 g/mol. The summed E-state index contributed by atoms with van der Waals surface area (Å²) in [5.41, 5.74) is 0.430. The second-order valence-corrected chi connectivity index (χ2v) is 7.73. The molecule has 12 heteroatoms. The largest absolute Gasteiger partial charge is 1.00 e. The summed E-state index contributed by atoms with van der Waals surface area (Å²) < 4.78 is 67.6. The predicted octanol–water partition coefficient (Wildman–Crippen LogP) is -4.83. The second kappa shape index (κ2) is 10.2. The molecule has 26 heavy (non-hydrogen) atoms. The summed E-state index contributed by atoms with van der Waals surface area (Å²) in [6, 6.07) is 5.28. The first kappa shape index (κ1) is 27.0. The van der Waals surface area contributed by atoms with Gasteiger partial charge in [0.15, 0.2) is 0 Å². The first-order chi connectivity index (χ1) is 10.9. The minimum Gasteiger partial charge on any atom is -0.744 e. The molecule has 2 rings (SSSR count). The average Bonchev–Trinajstić information content (AvgIpc) is 2.43. The minimum absolute atomic E-state index is 0. The van der Waals surface area contributed by atoms with E-state index in [1.165, 1.54) is 25.1 Å². The summed E-state index contributed by atoms with van der Waals surface area (Å²) in [6.45, 7) is 4.93. The van der Waals surface area contributed by atoms with Crippen LogP contribution in [0.5, 0.6) is 0 Å². The van der Waals surface area contributed by atoms with Crippen molar-refractivity contribution in [1.82, 2.24) is 0 Å². The molecule has 0 aromatic heterocycles. The Morgan fingerprint density at radius 3 is 2.04 bits per heavy atom. The van der Waals surface area contributed by atoms with Crippen molar-refractivity contribution in [2.75, 3.05) is 5.32 Å². The number of amides is 1. The molecule has 0 bridgehead atoms. The number of carbonyl (C=O) groups is 1. The second-order valence-electron chi connectivity index (χ2n) is 5.00. The SMILES string of the molecule is C=C(C)C(=O)Nc1ccc2c(S(=O)(=O)[O-])cc(S(=O)(=O)[O-])cc2c1.[K+].[K+]. The molecule has 0 saturated heterocycles. The van der Waals surface area contributed by atoms with E-state index in [-0.39, 0.29) is 125 Å². The van der Waals surface area contributed by atoms with Crippen LogP contribution in [0.2, 0.25) is 0 Å². The van der Waals surface area contributed by atoms with Gasteiger partial charge in [-0.2, -0.15) is 0 Å². The van der Waals surface area contributed by atoms with Gasteiger partial charge in [-0.05, 0) is 42.0 Å². The van der Waals surface area contributed by atoms with Gasteiger partial charge in [-0.1, -0.05) is 12.6 Å². The van der Waals surface area contributed by atoms with Crippen molar-refractivity contribution in [2.24, 2.45) is 0 Å². The molecule has 0 atom stereocenters. The van der Waals surface area contributed by atoms with Crippen molar-refractivity contribution in [3.8, 4) is 0 Å². The van der Waals surface area contributed by atoms with Crippen LogP contribution in [0, 0.1) is 0 Å². The molecule has 1 N–H and O–H groups in total. The van der Waals surface area contributed by atoms with Crippen LogP contribution < -0.4 is 108 Å². The first-order valence-electron chi connectivity index (χ1n) is 6.36. The van der Waals surface area contributed by atoms with Crippen molar-refractivity contribution in [3.05, 3.63) is 42.5 Å². The fraction of sp³-hybridized carbons (Fsp3) is 0.0714. The smallest absolute Gasteiger partial charge is 0.744 e. The summed E-state index contributed by atoms with van der Waals surface area (Å²) >= 11 is 0. The van der Waals surface area contributed by atoms with Crippen LogP contribution in [0.1, 0.15) is 6.92 Å². The van der Waals surface area contributed by atoms with Crippen molar-refractivity contribution >= 4 is 42.6 Å². The summed E-state index contributed by atoms with van der Waals surface area (Å²) in [5, 5.41) is 2.39. The van der Waals surface area contributed by atoms with Gasteiger partial charge in [-0.15, -0.1) is 0 Å². The maximum Gasteiger partial charge on any atom is 1.00 e. The van der Waals surface area contributed by atoms with Crippen molar-refractivity contribution in [1.29, 1.82) is 0 Å². The molecule has 2 aromatic rings. The average molecular weight is 448 g/mol. The van der Waals surface area contributed by atoms with Crippen molar-refractivity contribution in [3.63, 3.8) is 0 Å². The van der Waals surface area contributed by atoms with Gasteiger partial charge in [0.1, 0.15) is 20.2 Å².